The van der Waals surface area contributed by atoms with Gasteiger partial charge in [-0.3, -0.25) is 0 Å². The molecule has 0 radical (unpaired) electrons. The first-order valence-electron chi connectivity index (χ1n) is 5.08. The fourth-order valence-electron chi connectivity index (χ4n) is 1.78. The lowest BCUT2D eigenvalue weighted by molar-refractivity contribution is 1.29. The monoisotopic (exact) mass is 247 g/mol. The zero-order chi connectivity index (χ0) is 11.1. The van der Waals surface area contributed by atoms with Gasteiger partial charge in [0.15, 0.2) is 0 Å². The largest absolute Gasteiger partial charge is 0.352 e. The van der Waals surface area contributed by atoms with Gasteiger partial charge in [0.05, 0.1) is 16.4 Å². The molecule has 3 heteroatoms. The standard InChI is InChI=1S/C13H10ClNS/c1-8-5-6-10-12(7-8)16-11-4-2-3-9(14)13(11)15-10/h2-7,15H,1H3. The van der Waals surface area contributed by atoms with Crippen LogP contribution in [0.5, 0.6) is 0 Å². The Balaban J connectivity index is 2.13. The minimum atomic E-state index is 0.774. The Hall–Kier alpha value is -1.12. The summed E-state index contributed by atoms with van der Waals surface area (Å²) in [5, 5.41) is 4.16. The van der Waals surface area contributed by atoms with Crippen LogP contribution >= 0.6 is 23.4 Å². The van der Waals surface area contributed by atoms with Crippen molar-refractivity contribution in [2.24, 2.45) is 0 Å². The molecule has 1 N–H and O–H groups in total. The number of rotatable bonds is 0. The van der Waals surface area contributed by atoms with E-state index in [1.54, 1.807) is 11.8 Å². The number of aryl methyl sites for hydroxylation is 1. The quantitative estimate of drug-likeness (QED) is 0.609. The highest BCUT2D eigenvalue weighted by Crippen LogP contribution is 2.46. The second-order valence-electron chi connectivity index (χ2n) is 3.84. The van der Waals surface area contributed by atoms with Gasteiger partial charge >= 0.3 is 0 Å². The molecule has 1 nitrogen and oxygen atoms in total. The van der Waals surface area contributed by atoms with Crippen molar-refractivity contribution < 1.29 is 0 Å². The van der Waals surface area contributed by atoms with Crippen LogP contribution in [0.3, 0.4) is 0 Å². The molecular formula is C13H10ClNS. The number of halogens is 1. The normalized spacial score (nSPS) is 12.6. The number of hydrogen-bond acceptors (Lipinski definition) is 2. The van der Waals surface area contributed by atoms with E-state index in [2.05, 4.69) is 36.5 Å². The summed E-state index contributed by atoms with van der Waals surface area (Å²) in [6.07, 6.45) is 0. The van der Waals surface area contributed by atoms with Crippen molar-refractivity contribution >= 4 is 34.7 Å². The summed E-state index contributed by atoms with van der Waals surface area (Å²) < 4.78 is 0. The number of hydrogen-bond donors (Lipinski definition) is 1. The minimum absolute atomic E-state index is 0.774. The van der Waals surface area contributed by atoms with Crippen LogP contribution in [0.15, 0.2) is 46.2 Å². The molecular weight excluding hydrogens is 238 g/mol. The van der Waals surface area contributed by atoms with Crippen LogP contribution < -0.4 is 5.32 Å². The lowest BCUT2D eigenvalue weighted by Gasteiger charge is -2.21. The van der Waals surface area contributed by atoms with Crippen LogP contribution in [0.1, 0.15) is 5.56 Å². The summed E-state index contributed by atoms with van der Waals surface area (Å²) in [5.41, 5.74) is 3.43. The SMILES string of the molecule is Cc1ccc2c(c1)Sc1cccc(Cl)c1N2. The Morgan fingerprint density at radius 1 is 1.12 bits per heavy atom. The zero-order valence-electron chi connectivity index (χ0n) is 8.75. The van der Waals surface area contributed by atoms with Crippen molar-refractivity contribution in [3.63, 3.8) is 0 Å². The molecule has 16 heavy (non-hydrogen) atoms. The van der Waals surface area contributed by atoms with E-state index in [1.165, 1.54) is 15.4 Å². The highest BCUT2D eigenvalue weighted by atomic mass is 35.5. The third kappa shape index (κ3) is 1.58. The maximum absolute atomic E-state index is 6.16. The van der Waals surface area contributed by atoms with E-state index >= 15 is 0 Å². The molecule has 0 fully saturated rings. The summed E-state index contributed by atoms with van der Waals surface area (Å²) in [5.74, 6) is 0. The summed E-state index contributed by atoms with van der Waals surface area (Å²) in [4.78, 5) is 2.44. The van der Waals surface area contributed by atoms with E-state index in [1.807, 2.05) is 12.1 Å². The number of benzene rings is 2. The topological polar surface area (TPSA) is 12.0 Å². The first-order chi connectivity index (χ1) is 7.74. The predicted octanol–water partition coefficient (Wildman–Crippen LogP) is 4.86. The number of nitrogens with one attached hydrogen (secondary N) is 1. The Labute approximate surface area is 104 Å². The van der Waals surface area contributed by atoms with Crippen molar-refractivity contribution in [3.8, 4) is 0 Å². The van der Waals surface area contributed by atoms with Gasteiger partial charge in [0.25, 0.3) is 0 Å². The second-order valence-corrected chi connectivity index (χ2v) is 5.33. The molecule has 0 atom stereocenters. The molecule has 1 aliphatic heterocycles. The highest BCUT2D eigenvalue weighted by molar-refractivity contribution is 7.99. The lowest BCUT2D eigenvalue weighted by Crippen LogP contribution is -2.00. The highest BCUT2D eigenvalue weighted by Gasteiger charge is 2.17. The number of fused-ring (bicyclic) bond motifs is 2. The smallest absolute Gasteiger partial charge is 0.0715 e. The van der Waals surface area contributed by atoms with Gasteiger partial charge in [0.1, 0.15) is 0 Å². The van der Waals surface area contributed by atoms with Gasteiger partial charge < -0.3 is 5.32 Å². The molecule has 80 valence electrons. The van der Waals surface area contributed by atoms with Gasteiger partial charge in [-0.2, -0.15) is 0 Å². The Kier molecular flexibility index (Phi) is 2.34. The molecule has 2 aromatic carbocycles. The van der Waals surface area contributed by atoms with Crippen LogP contribution in [0.4, 0.5) is 11.4 Å². The molecule has 1 aliphatic rings. The molecule has 1 heterocycles. The Morgan fingerprint density at radius 2 is 2.00 bits per heavy atom. The van der Waals surface area contributed by atoms with Gasteiger partial charge in [-0.1, -0.05) is 35.5 Å². The van der Waals surface area contributed by atoms with Gasteiger partial charge in [-0.15, -0.1) is 0 Å². The minimum Gasteiger partial charge on any atom is -0.352 e. The van der Waals surface area contributed by atoms with Crippen LogP contribution in [-0.4, -0.2) is 0 Å². The van der Waals surface area contributed by atoms with Crippen LogP contribution in [0.25, 0.3) is 0 Å². The number of para-hydroxylation sites is 1. The molecule has 0 saturated heterocycles. The third-order valence-electron chi connectivity index (χ3n) is 2.59. The lowest BCUT2D eigenvalue weighted by atomic mass is 10.2. The van der Waals surface area contributed by atoms with E-state index in [9.17, 15) is 0 Å². The average Bonchev–Trinajstić information content (AvgIpc) is 2.27. The molecule has 0 spiro atoms. The second kappa shape index (κ2) is 3.72. The predicted molar refractivity (Wildman–Crippen MR) is 70.0 cm³/mol. The first-order valence-corrected chi connectivity index (χ1v) is 6.27. The number of anilines is 2. The molecule has 0 aromatic heterocycles. The van der Waals surface area contributed by atoms with Gasteiger partial charge in [0, 0.05) is 9.79 Å². The van der Waals surface area contributed by atoms with Crippen molar-refractivity contribution in [2.45, 2.75) is 16.7 Å². The van der Waals surface area contributed by atoms with Crippen molar-refractivity contribution in [3.05, 3.63) is 47.0 Å². The summed E-state index contributed by atoms with van der Waals surface area (Å²) in [6.45, 7) is 2.11. The van der Waals surface area contributed by atoms with E-state index < -0.39 is 0 Å². The average molecular weight is 248 g/mol. The molecule has 0 unspecified atom stereocenters. The Bertz CT molecular complexity index is 566. The van der Waals surface area contributed by atoms with Crippen molar-refractivity contribution in [1.29, 1.82) is 0 Å². The van der Waals surface area contributed by atoms with Crippen molar-refractivity contribution in [2.75, 3.05) is 5.32 Å². The maximum Gasteiger partial charge on any atom is 0.0715 e. The molecule has 0 amide bonds. The molecule has 0 aliphatic carbocycles. The zero-order valence-corrected chi connectivity index (χ0v) is 10.3. The molecule has 0 bridgehead atoms. The Morgan fingerprint density at radius 3 is 2.88 bits per heavy atom. The van der Waals surface area contributed by atoms with Crippen LogP contribution in [0.2, 0.25) is 5.02 Å². The van der Waals surface area contributed by atoms with Gasteiger partial charge in [-0.05, 0) is 36.8 Å². The maximum atomic E-state index is 6.16. The molecule has 2 aromatic rings. The van der Waals surface area contributed by atoms with Gasteiger partial charge in [0.2, 0.25) is 0 Å². The molecule has 0 saturated carbocycles. The first kappa shape index (κ1) is 10.1. The summed E-state index contributed by atoms with van der Waals surface area (Å²) in [7, 11) is 0. The van der Waals surface area contributed by atoms with E-state index in [-0.39, 0.29) is 0 Å². The summed E-state index contributed by atoms with van der Waals surface area (Å²) >= 11 is 7.93. The fraction of sp³-hybridized carbons (Fsp3) is 0.0769. The van der Waals surface area contributed by atoms with E-state index in [0.29, 0.717) is 0 Å². The fourth-order valence-corrected chi connectivity index (χ4v) is 3.18. The third-order valence-corrected chi connectivity index (χ3v) is 4.02. The van der Waals surface area contributed by atoms with Crippen LogP contribution in [0, 0.1) is 6.92 Å². The van der Waals surface area contributed by atoms with E-state index in [4.69, 9.17) is 11.6 Å². The van der Waals surface area contributed by atoms with E-state index in [0.717, 1.165) is 16.4 Å². The van der Waals surface area contributed by atoms with Crippen molar-refractivity contribution in [1.82, 2.24) is 0 Å². The van der Waals surface area contributed by atoms with Gasteiger partial charge in [-0.25, -0.2) is 0 Å². The molecule has 3 rings (SSSR count). The summed E-state index contributed by atoms with van der Waals surface area (Å²) in [6, 6.07) is 12.4. The van der Waals surface area contributed by atoms with Crippen LogP contribution in [-0.2, 0) is 0 Å².